The summed E-state index contributed by atoms with van der Waals surface area (Å²) in [6.07, 6.45) is 3.01. The number of hydrogen-bond acceptors (Lipinski definition) is 5. The van der Waals surface area contributed by atoms with Gasteiger partial charge in [-0.3, -0.25) is 24.6 Å². The Morgan fingerprint density at radius 1 is 1.28 bits per heavy atom. The topological polar surface area (TPSA) is 95.8 Å². The van der Waals surface area contributed by atoms with Gasteiger partial charge in [-0.25, -0.2) is 0 Å². The van der Waals surface area contributed by atoms with E-state index in [2.05, 4.69) is 5.32 Å². The van der Waals surface area contributed by atoms with E-state index in [9.17, 15) is 19.7 Å². The van der Waals surface area contributed by atoms with Crippen molar-refractivity contribution in [1.82, 2.24) is 15.1 Å². The van der Waals surface area contributed by atoms with E-state index in [0.717, 1.165) is 0 Å². The van der Waals surface area contributed by atoms with Gasteiger partial charge in [0.2, 0.25) is 11.8 Å². The highest BCUT2D eigenvalue weighted by molar-refractivity contribution is 5.92. The summed E-state index contributed by atoms with van der Waals surface area (Å²) in [5, 5.41) is 13.5. The van der Waals surface area contributed by atoms with Crippen LogP contribution in [0.5, 0.6) is 0 Å². The van der Waals surface area contributed by atoms with Gasteiger partial charge in [-0.05, 0) is 18.6 Å². The normalized spacial score (nSPS) is 15.3. The van der Waals surface area contributed by atoms with Gasteiger partial charge in [0, 0.05) is 50.9 Å². The lowest BCUT2D eigenvalue weighted by molar-refractivity contribution is -0.384. The van der Waals surface area contributed by atoms with Crippen LogP contribution in [0.25, 0.3) is 6.08 Å². The smallest absolute Gasteiger partial charge is 0.270 e. The fourth-order valence-electron chi connectivity index (χ4n) is 2.60. The zero-order valence-electron chi connectivity index (χ0n) is 14.2. The molecule has 25 heavy (non-hydrogen) atoms. The fourth-order valence-corrected chi connectivity index (χ4v) is 2.60. The number of nitrogens with zero attached hydrogens (tertiary/aromatic N) is 3. The predicted molar refractivity (Wildman–Crippen MR) is 93.8 cm³/mol. The molecule has 1 heterocycles. The van der Waals surface area contributed by atoms with Crippen LogP contribution in [0.3, 0.4) is 0 Å². The summed E-state index contributed by atoms with van der Waals surface area (Å²) in [5.74, 6) is -0.142. The maximum absolute atomic E-state index is 12.2. The second-order valence-corrected chi connectivity index (χ2v) is 5.74. The molecular formula is C17H22N4O4. The van der Waals surface area contributed by atoms with Gasteiger partial charge in [0.25, 0.3) is 5.69 Å². The second kappa shape index (κ2) is 8.93. The van der Waals surface area contributed by atoms with Crippen molar-refractivity contribution in [3.63, 3.8) is 0 Å². The Morgan fingerprint density at radius 3 is 2.64 bits per heavy atom. The number of nitrogens with one attached hydrogen (secondary N) is 1. The van der Waals surface area contributed by atoms with Gasteiger partial charge in [-0.2, -0.15) is 0 Å². The average molecular weight is 346 g/mol. The van der Waals surface area contributed by atoms with Crippen molar-refractivity contribution in [2.75, 3.05) is 39.3 Å². The Kier molecular flexibility index (Phi) is 6.64. The van der Waals surface area contributed by atoms with E-state index in [-0.39, 0.29) is 17.5 Å². The number of piperazine rings is 1. The third kappa shape index (κ3) is 5.68. The monoisotopic (exact) mass is 346 g/mol. The van der Waals surface area contributed by atoms with Crippen LogP contribution in [0.4, 0.5) is 5.69 Å². The summed E-state index contributed by atoms with van der Waals surface area (Å²) in [6, 6.07) is 6.13. The van der Waals surface area contributed by atoms with Gasteiger partial charge in [0.15, 0.2) is 0 Å². The van der Waals surface area contributed by atoms with Crippen LogP contribution in [0, 0.1) is 10.1 Å². The third-order valence-corrected chi connectivity index (χ3v) is 3.92. The maximum Gasteiger partial charge on any atom is 0.270 e. The molecule has 0 bridgehead atoms. The van der Waals surface area contributed by atoms with Crippen molar-refractivity contribution in [2.24, 2.45) is 0 Å². The summed E-state index contributed by atoms with van der Waals surface area (Å²) in [5.41, 5.74) is 0.603. The Labute approximate surface area is 146 Å². The molecule has 0 spiro atoms. The molecule has 1 aliphatic heterocycles. The molecule has 0 radical (unpaired) electrons. The van der Waals surface area contributed by atoms with Gasteiger partial charge < -0.3 is 10.2 Å². The van der Waals surface area contributed by atoms with Gasteiger partial charge in [-0.15, -0.1) is 0 Å². The van der Waals surface area contributed by atoms with Crippen LogP contribution in [0.15, 0.2) is 30.3 Å². The number of benzene rings is 1. The minimum Gasteiger partial charge on any atom is -0.355 e. The second-order valence-electron chi connectivity index (χ2n) is 5.74. The molecule has 1 aromatic rings. The first-order chi connectivity index (χ1) is 12.0. The van der Waals surface area contributed by atoms with E-state index in [0.29, 0.717) is 44.8 Å². The first-order valence-corrected chi connectivity index (χ1v) is 8.20. The van der Waals surface area contributed by atoms with Crippen molar-refractivity contribution in [3.05, 3.63) is 46.0 Å². The van der Waals surface area contributed by atoms with Gasteiger partial charge in [0.1, 0.15) is 0 Å². The maximum atomic E-state index is 12.2. The molecule has 2 rings (SSSR count). The zero-order valence-corrected chi connectivity index (χ0v) is 14.2. The number of rotatable bonds is 6. The van der Waals surface area contributed by atoms with E-state index in [1.165, 1.54) is 18.2 Å². The van der Waals surface area contributed by atoms with Gasteiger partial charge in [0.05, 0.1) is 11.5 Å². The highest BCUT2D eigenvalue weighted by Crippen LogP contribution is 2.14. The van der Waals surface area contributed by atoms with E-state index in [1.54, 1.807) is 23.1 Å². The standard InChI is InChI=1S/C17H22N4O4/c1-2-18-16(22)13-19-8-10-20(11-9-19)17(23)7-6-14-4-3-5-15(12-14)21(24)25/h3-7,12H,2,8-11,13H2,1H3,(H,18,22)/b7-6+. The number of amides is 2. The molecule has 2 amide bonds. The first-order valence-electron chi connectivity index (χ1n) is 8.20. The quantitative estimate of drug-likeness (QED) is 0.469. The Balaban J connectivity index is 1.85. The number of nitro groups is 1. The number of carbonyl (C=O) groups is 2. The van der Waals surface area contributed by atoms with Crippen molar-refractivity contribution in [2.45, 2.75) is 6.92 Å². The number of nitro benzene ring substituents is 1. The summed E-state index contributed by atoms with van der Waals surface area (Å²) in [7, 11) is 0. The lowest BCUT2D eigenvalue weighted by atomic mass is 10.2. The van der Waals surface area contributed by atoms with Gasteiger partial charge in [-0.1, -0.05) is 12.1 Å². The van der Waals surface area contributed by atoms with Crippen molar-refractivity contribution < 1.29 is 14.5 Å². The van der Waals surface area contributed by atoms with E-state index >= 15 is 0 Å². The largest absolute Gasteiger partial charge is 0.355 e. The molecule has 0 atom stereocenters. The molecule has 0 aromatic heterocycles. The first kappa shape index (κ1) is 18.6. The molecule has 0 aliphatic carbocycles. The Bertz CT molecular complexity index is 666. The van der Waals surface area contributed by atoms with E-state index < -0.39 is 4.92 Å². The van der Waals surface area contributed by atoms with Crippen LogP contribution in [-0.4, -0.2) is 65.8 Å². The summed E-state index contributed by atoms with van der Waals surface area (Å²) < 4.78 is 0. The van der Waals surface area contributed by atoms with E-state index in [4.69, 9.17) is 0 Å². The highest BCUT2D eigenvalue weighted by Gasteiger charge is 2.20. The predicted octanol–water partition coefficient (Wildman–Crippen LogP) is 0.888. The number of hydrogen-bond donors (Lipinski definition) is 1. The molecule has 1 aliphatic rings. The number of non-ortho nitro benzene ring substituents is 1. The summed E-state index contributed by atoms with van der Waals surface area (Å²) in [4.78, 5) is 37.8. The Hall–Kier alpha value is -2.74. The van der Waals surface area contributed by atoms with Crippen LogP contribution in [0.1, 0.15) is 12.5 Å². The fraction of sp³-hybridized carbons (Fsp3) is 0.412. The summed E-state index contributed by atoms with van der Waals surface area (Å²) >= 11 is 0. The van der Waals surface area contributed by atoms with Crippen LogP contribution < -0.4 is 5.32 Å². The molecule has 8 heteroatoms. The molecule has 8 nitrogen and oxygen atoms in total. The molecule has 0 saturated carbocycles. The highest BCUT2D eigenvalue weighted by atomic mass is 16.6. The molecule has 0 unspecified atom stereocenters. The lowest BCUT2D eigenvalue weighted by Crippen LogP contribution is -2.50. The molecule has 1 fully saturated rings. The molecule has 1 aromatic carbocycles. The van der Waals surface area contributed by atoms with Crippen LogP contribution in [-0.2, 0) is 9.59 Å². The molecule has 1 saturated heterocycles. The molecule has 1 N–H and O–H groups in total. The van der Waals surface area contributed by atoms with E-state index in [1.807, 2.05) is 11.8 Å². The zero-order chi connectivity index (χ0) is 18.2. The summed E-state index contributed by atoms with van der Waals surface area (Å²) in [6.45, 7) is 5.23. The number of carbonyl (C=O) groups excluding carboxylic acids is 2. The SMILES string of the molecule is CCNC(=O)CN1CCN(C(=O)/C=C/c2cccc([N+](=O)[O-])c2)CC1. The van der Waals surface area contributed by atoms with Crippen molar-refractivity contribution in [1.29, 1.82) is 0 Å². The minimum absolute atomic E-state index is 0.00595. The van der Waals surface area contributed by atoms with Gasteiger partial charge >= 0.3 is 0 Å². The molecule has 134 valence electrons. The average Bonchev–Trinajstić information content (AvgIpc) is 2.60. The van der Waals surface area contributed by atoms with Crippen LogP contribution >= 0.6 is 0 Å². The third-order valence-electron chi connectivity index (χ3n) is 3.92. The molecular weight excluding hydrogens is 324 g/mol. The minimum atomic E-state index is -0.465. The van der Waals surface area contributed by atoms with Crippen molar-refractivity contribution in [3.8, 4) is 0 Å². The Morgan fingerprint density at radius 2 is 2.00 bits per heavy atom. The number of likely N-dealkylation sites (N-methyl/N-ethyl adjacent to an activating group) is 1. The van der Waals surface area contributed by atoms with Crippen LogP contribution in [0.2, 0.25) is 0 Å². The lowest BCUT2D eigenvalue weighted by Gasteiger charge is -2.33. The van der Waals surface area contributed by atoms with Crippen molar-refractivity contribution >= 4 is 23.6 Å².